The molecule has 0 unspecified atom stereocenters. The number of nitrogens with zero attached hydrogens (tertiary/aromatic N) is 3. The number of aromatic amines is 1. The van der Waals surface area contributed by atoms with Crippen molar-refractivity contribution in [2.24, 2.45) is 0 Å². The number of rotatable bonds is 6. The standard InChI is InChI=1S/C22H23N5O3/c1-12-13(2)25-20(27-21(12)28)15-6-9-18(23-10-15)24-11-16-7-8-17(22(29)30-3)19(26-16)14-4-5-14/h6-10,14H,4-5,11H2,1-3H3,(H,23,24)(H,25,27,28). The lowest BCUT2D eigenvalue weighted by molar-refractivity contribution is 0.0598. The number of ether oxygens (including phenoxy) is 1. The first-order valence-corrected chi connectivity index (χ1v) is 9.82. The predicted octanol–water partition coefficient (Wildman–Crippen LogP) is 3.12. The number of H-pyrrole nitrogens is 1. The maximum absolute atomic E-state index is 12.0. The molecule has 0 saturated heterocycles. The molecule has 154 valence electrons. The van der Waals surface area contributed by atoms with Crippen molar-refractivity contribution in [2.75, 3.05) is 12.4 Å². The number of hydrogen-bond donors (Lipinski definition) is 2. The van der Waals surface area contributed by atoms with Crippen molar-refractivity contribution < 1.29 is 9.53 Å². The summed E-state index contributed by atoms with van der Waals surface area (Å²) in [5, 5.41) is 3.24. The molecule has 0 atom stereocenters. The number of aromatic nitrogens is 4. The van der Waals surface area contributed by atoms with Crippen molar-refractivity contribution in [1.82, 2.24) is 19.9 Å². The van der Waals surface area contributed by atoms with Gasteiger partial charge in [-0.1, -0.05) is 0 Å². The Hall–Kier alpha value is -3.55. The molecule has 4 rings (SSSR count). The van der Waals surface area contributed by atoms with Crippen LogP contribution in [0.1, 0.15) is 51.8 Å². The van der Waals surface area contributed by atoms with Gasteiger partial charge in [0.1, 0.15) is 11.6 Å². The van der Waals surface area contributed by atoms with Gasteiger partial charge in [0, 0.05) is 28.9 Å². The highest BCUT2D eigenvalue weighted by atomic mass is 16.5. The van der Waals surface area contributed by atoms with Crippen LogP contribution in [0.25, 0.3) is 11.4 Å². The quantitative estimate of drug-likeness (QED) is 0.606. The average molecular weight is 405 g/mol. The Kier molecular flexibility index (Phi) is 5.31. The third-order valence-electron chi connectivity index (χ3n) is 5.23. The minimum atomic E-state index is -0.348. The van der Waals surface area contributed by atoms with Crippen LogP contribution in [-0.4, -0.2) is 33.0 Å². The number of anilines is 1. The summed E-state index contributed by atoms with van der Waals surface area (Å²) >= 11 is 0. The summed E-state index contributed by atoms with van der Waals surface area (Å²) in [6.45, 7) is 4.04. The van der Waals surface area contributed by atoms with Crippen LogP contribution in [0.3, 0.4) is 0 Å². The van der Waals surface area contributed by atoms with E-state index in [9.17, 15) is 9.59 Å². The number of esters is 1. The number of aryl methyl sites for hydroxylation is 1. The summed E-state index contributed by atoms with van der Waals surface area (Å²) in [5.41, 5.74) is 4.08. The molecule has 2 N–H and O–H groups in total. The maximum atomic E-state index is 12.0. The lowest BCUT2D eigenvalue weighted by Gasteiger charge is -2.10. The zero-order chi connectivity index (χ0) is 21.3. The predicted molar refractivity (Wildman–Crippen MR) is 112 cm³/mol. The highest BCUT2D eigenvalue weighted by Crippen LogP contribution is 2.40. The zero-order valence-corrected chi connectivity index (χ0v) is 17.2. The van der Waals surface area contributed by atoms with E-state index in [1.807, 2.05) is 25.1 Å². The van der Waals surface area contributed by atoms with Gasteiger partial charge in [-0.05, 0) is 51.0 Å². The molecule has 8 heteroatoms. The molecule has 0 spiro atoms. The normalized spacial score (nSPS) is 13.2. The molecule has 0 aromatic carbocycles. The van der Waals surface area contributed by atoms with Crippen LogP contribution in [0, 0.1) is 13.8 Å². The third-order valence-corrected chi connectivity index (χ3v) is 5.23. The highest BCUT2D eigenvalue weighted by Gasteiger charge is 2.30. The van der Waals surface area contributed by atoms with E-state index in [1.165, 1.54) is 7.11 Å². The zero-order valence-electron chi connectivity index (χ0n) is 17.2. The SMILES string of the molecule is COC(=O)c1ccc(CNc2ccc(-c3nc(C)c(C)c(=O)[nH]3)cn2)nc1C1CC1. The van der Waals surface area contributed by atoms with Crippen LogP contribution in [0.2, 0.25) is 0 Å². The van der Waals surface area contributed by atoms with Gasteiger partial charge in [0.05, 0.1) is 30.6 Å². The van der Waals surface area contributed by atoms with E-state index in [0.29, 0.717) is 40.9 Å². The molecule has 0 aliphatic heterocycles. The number of carbonyl (C=O) groups excluding carboxylic acids is 1. The van der Waals surface area contributed by atoms with Crippen molar-refractivity contribution in [3.05, 3.63) is 69.0 Å². The van der Waals surface area contributed by atoms with Crippen LogP contribution in [0.5, 0.6) is 0 Å². The van der Waals surface area contributed by atoms with Crippen molar-refractivity contribution >= 4 is 11.8 Å². The molecular weight excluding hydrogens is 382 g/mol. The molecule has 0 radical (unpaired) electrons. The van der Waals surface area contributed by atoms with Gasteiger partial charge in [-0.2, -0.15) is 0 Å². The summed E-state index contributed by atoms with van der Waals surface area (Å²) in [4.78, 5) is 40.2. The largest absolute Gasteiger partial charge is 0.465 e. The molecule has 0 amide bonds. The van der Waals surface area contributed by atoms with E-state index in [0.717, 1.165) is 29.8 Å². The Morgan fingerprint density at radius 3 is 2.63 bits per heavy atom. The van der Waals surface area contributed by atoms with Crippen LogP contribution in [0.4, 0.5) is 5.82 Å². The van der Waals surface area contributed by atoms with Gasteiger partial charge < -0.3 is 15.0 Å². The molecular formula is C22H23N5O3. The first-order valence-electron chi connectivity index (χ1n) is 9.82. The molecule has 0 bridgehead atoms. The summed E-state index contributed by atoms with van der Waals surface area (Å²) in [5.74, 6) is 1.16. The Balaban J connectivity index is 1.48. The van der Waals surface area contributed by atoms with E-state index in [4.69, 9.17) is 4.74 Å². The van der Waals surface area contributed by atoms with Gasteiger partial charge in [0.15, 0.2) is 0 Å². The smallest absolute Gasteiger partial charge is 0.339 e. The van der Waals surface area contributed by atoms with Crippen molar-refractivity contribution in [3.8, 4) is 11.4 Å². The molecule has 3 heterocycles. The number of pyridine rings is 2. The van der Waals surface area contributed by atoms with Crippen LogP contribution >= 0.6 is 0 Å². The van der Waals surface area contributed by atoms with Crippen LogP contribution in [0.15, 0.2) is 35.3 Å². The molecule has 1 aliphatic rings. The summed E-state index contributed by atoms with van der Waals surface area (Å²) < 4.78 is 4.86. The first-order chi connectivity index (χ1) is 14.5. The Labute approximate surface area is 173 Å². The van der Waals surface area contributed by atoms with E-state index in [1.54, 1.807) is 19.2 Å². The fourth-order valence-electron chi connectivity index (χ4n) is 3.17. The maximum Gasteiger partial charge on any atom is 0.339 e. The molecule has 3 aromatic rings. The summed E-state index contributed by atoms with van der Waals surface area (Å²) in [7, 11) is 1.38. The highest BCUT2D eigenvalue weighted by molar-refractivity contribution is 5.90. The monoisotopic (exact) mass is 405 g/mol. The van der Waals surface area contributed by atoms with Crippen LogP contribution in [-0.2, 0) is 11.3 Å². The summed E-state index contributed by atoms with van der Waals surface area (Å²) in [6, 6.07) is 7.28. The van der Waals surface area contributed by atoms with Gasteiger partial charge in [-0.15, -0.1) is 0 Å². The second-order valence-electron chi connectivity index (χ2n) is 7.41. The number of methoxy groups -OCH3 is 1. The number of nitrogens with one attached hydrogen (secondary N) is 2. The van der Waals surface area contributed by atoms with E-state index in [2.05, 4.69) is 25.3 Å². The van der Waals surface area contributed by atoms with Gasteiger partial charge >= 0.3 is 5.97 Å². The Morgan fingerprint density at radius 1 is 1.20 bits per heavy atom. The lowest BCUT2D eigenvalue weighted by Crippen LogP contribution is -2.14. The van der Waals surface area contributed by atoms with E-state index < -0.39 is 0 Å². The van der Waals surface area contributed by atoms with Crippen LogP contribution < -0.4 is 10.9 Å². The van der Waals surface area contributed by atoms with Crippen molar-refractivity contribution in [1.29, 1.82) is 0 Å². The number of hydrogen-bond acceptors (Lipinski definition) is 7. The molecule has 1 fully saturated rings. The number of carbonyl (C=O) groups is 1. The minimum absolute atomic E-state index is 0.146. The second kappa shape index (κ2) is 8.06. The third kappa shape index (κ3) is 4.07. The molecule has 1 aliphatic carbocycles. The fraction of sp³-hybridized carbons (Fsp3) is 0.318. The summed E-state index contributed by atoms with van der Waals surface area (Å²) in [6.07, 6.45) is 3.76. The first kappa shape index (κ1) is 19.8. The minimum Gasteiger partial charge on any atom is -0.465 e. The Bertz CT molecular complexity index is 1150. The molecule has 30 heavy (non-hydrogen) atoms. The van der Waals surface area contributed by atoms with Crippen molar-refractivity contribution in [3.63, 3.8) is 0 Å². The fourth-order valence-corrected chi connectivity index (χ4v) is 3.17. The lowest BCUT2D eigenvalue weighted by atomic mass is 10.1. The van der Waals surface area contributed by atoms with Gasteiger partial charge in [0.25, 0.3) is 5.56 Å². The second-order valence-corrected chi connectivity index (χ2v) is 7.41. The van der Waals surface area contributed by atoms with Gasteiger partial charge in [0.2, 0.25) is 0 Å². The van der Waals surface area contributed by atoms with Gasteiger partial charge in [-0.3, -0.25) is 9.78 Å². The topological polar surface area (TPSA) is 110 Å². The molecule has 1 saturated carbocycles. The van der Waals surface area contributed by atoms with E-state index in [-0.39, 0.29) is 11.5 Å². The molecule has 8 nitrogen and oxygen atoms in total. The van der Waals surface area contributed by atoms with Crippen molar-refractivity contribution in [2.45, 2.75) is 39.2 Å². The molecule has 3 aromatic heterocycles. The Morgan fingerprint density at radius 2 is 2.00 bits per heavy atom. The van der Waals surface area contributed by atoms with Gasteiger partial charge in [-0.25, -0.2) is 14.8 Å². The average Bonchev–Trinajstić information content (AvgIpc) is 3.61. The van der Waals surface area contributed by atoms with E-state index >= 15 is 0 Å².